The normalized spacial score (nSPS) is 10.9. The molecule has 1 N–H and O–H groups in total. The van der Waals surface area contributed by atoms with Gasteiger partial charge in [-0.05, 0) is 19.8 Å². The van der Waals surface area contributed by atoms with Crippen LogP contribution in [0.4, 0.5) is 0 Å². The molecule has 4 heteroatoms. The molecule has 0 aliphatic rings. The van der Waals surface area contributed by atoms with Crippen LogP contribution in [0.15, 0.2) is 0 Å². The molecule has 0 aliphatic heterocycles. The van der Waals surface area contributed by atoms with Crippen LogP contribution in [0.25, 0.3) is 0 Å². The molecule has 0 aromatic rings. The fourth-order valence-corrected chi connectivity index (χ4v) is 1.77. The van der Waals surface area contributed by atoms with Crippen molar-refractivity contribution in [3.05, 3.63) is 0 Å². The number of hydrogen-bond acceptors (Lipinski definition) is 3. The fraction of sp³-hybridized carbons (Fsp3) is 0.818. The number of esters is 1. The third kappa shape index (κ3) is 3.90. The molecule has 0 aliphatic carbocycles. The summed E-state index contributed by atoms with van der Waals surface area (Å²) in [5, 5.41) is 2.63. The molecule has 0 saturated carbocycles. The van der Waals surface area contributed by atoms with E-state index in [1.54, 1.807) is 6.92 Å². The first-order chi connectivity index (χ1) is 7.16. The number of carbonyl (C=O) groups excluding carboxylic acids is 2. The third-order valence-electron chi connectivity index (χ3n) is 2.35. The van der Waals surface area contributed by atoms with Gasteiger partial charge in [0.1, 0.15) is 5.54 Å². The second-order valence-corrected chi connectivity index (χ2v) is 3.56. The maximum atomic E-state index is 11.8. The largest absolute Gasteiger partial charge is 0.464 e. The summed E-state index contributed by atoms with van der Waals surface area (Å²) in [5.41, 5.74) is -0.818. The summed E-state index contributed by atoms with van der Waals surface area (Å²) in [7, 11) is 0. The van der Waals surface area contributed by atoms with Gasteiger partial charge in [-0.2, -0.15) is 0 Å². The van der Waals surface area contributed by atoms with Gasteiger partial charge in [0.2, 0.25) is 6.41 Å². The third-order valence-corrected chi connectivity index (χ3v) is 2.35. The number of carbonyl (C=O) groups is 2. The number of hydrogen-bond donors (Lipinski definition) is 1. The fourth-order valence-electron chi connectivity index (χ4n) is 1.77. The summed E-state index contributed by atoms with van der Waals surface area (Å²) < 4.78 is 5.00. The van der Waals surface area contributed by atoms with E-state index in [4.69, 9.17) is 4.74 Å². The zero-order valence-electron chi connectivity index (χ0n) is 9.84. The summed E-state index contributed by atoms with van der Waals surface area (Å²) in [6, 6.07) is 0. The first-order valence-electron chi connectivity index (χ1n) is 5.55. The molecule has 88 valence electrons. The lowest BCUT2D eigenvalue weighted by Gasteiger charge is -2.30. The monoisotopic (exact) mass is 215 g/mol. The molecule has 4 nitrogen and oxygen atoms in total. The molecule has 0 aromatic carbocycles. The van der Waals surface area contributed by atoms with Crippen LogP contribution in [0.3, 0.4) is 0 Å². The summed E-state index contributed by atoms with van der Waals surface area (Å²) in [6.45, 7) is 6.07. The Bertz CT molecular complexity index is 198. The van der Waals surface area contributed by atoms with Gasteiger partial charge >= 0.3 is 5.97 Å². The Morgan fingerprint density at radius 3 is 2.13 bits per heavy atom. The SMILES string of the molecule is CCCC(CCC)(NC=O)C(=O)OCC. The van der Waals surface area contributed by atoms with E-state index < -0.39 is 5.54 Å². The van der Waals surface area contributed by atoms with Crippen molar-refractivity contribution >= 4 is 12.4 Å². The topological polar surface area (TPSA) is 55.4 Å². The first-order valence-corrected chi connectivity index (χ1v) is 5.55. The predicted octanol–water partition coefficient (Wildman–Crippen LogP) is 1.63. The van der Waals surface area contributed by atoms with Crippen LogP contribution in [-0.2, 0) is 14.3 Å². The molecule has 0 rings (SSSR count). The molecule has 0 fully saturated rings. The minimum atomic E-state index is -0.818. The lowest BCUT2D eigenvalue weighted by molar-refractivity contribution is -0.153. The highest BCUT2D eigenvalue weighted by Gasteiger charge is 2.37. The Hall–Kier alpha value is -1.06. The van der Waals surface area contributed by atoms with E-state index in [9.17, 15) is 9.59 Å². The second-order valence-electron chi connectivity index (χ2n) is 3.56. The zero-order chi connectivity index (χ0) is 11.7. The molecule has 0 unspecified atom stereocenters. The highest BCUT2D eigenvalue weighted by Crippen LogP contribution is 2.21. The maximum Gasteiger partial charge on any atom is 0.331 e. The summed E-state index contributed by atoms with van der Waals surface area (Å²) in [4.78, 5) is 22.4. The van der Waals surface area contributed by atoms with Crippen molar-refractivity contribution in [3.8, 4) is 0 Å². The summed E-state index contributed by atoms with van der Waals surface area (Å²) in [6.07, 6.45) is 3.50. The molecule has 0 heterocycles. The molecule has 0 saturated heterocycles. The Balaban J connectivity index is 4.73. The molecule has 0 atom stereocenters. The number of ether oxygens (including phenoxy) is 1. The molecule has 15 heavy (non-hydrogen) atoms. The van der Waals surface area contributed by atoms with Crippen molar-refractivity contribution in [1.82, 2.24) is 5.32 Å². The highest BCUT2D eigenvalue weighted by molar-refractivity contribution is 5.83. The highest BCUT2D eigenvalue weighted by atomic mass is 16.5. The summed E-state index contributed by atoms with van der Waals surface area (Å²) in [5.74, 6) is -0.319. The van der Waals surface area contributed by atoms with Gasteiger partial charge in [0.25, 0.3) is 0 Å². The van der Waals surface area contributed by atoms with Gasteiger partial charge in [0.05, 0.1) is 6.61 Å². The lowest BCUT2D eigenvalue weighted by Crippen LogP contribution is -2.52. The number of rotatable bonds is 8. The molecule has 0 bridgehead atoms. The molecule has 0 aromatic heterocycles. The minimum absolute atomic E-state index is 0.319. The van der Waals surface area contributed by atoms with Crippen molar-refractivity contribution in [3.63, 3.8) is 0 Å². The predicted molar refractivity (Wildman–Crippen MR) is 58.4 cm³/mol. The van der Waals surface area contributed by atoms with Crippen molar-refractivity contribution in [2.24, 2.45) is 0 Å². The quantitative estimate of drug-likeness (QED) is 0.494. The van der Waals surface area contributed by atoms with Crippen LogP contribution in [0.1, 0.15) is 46.5 Å². The average molecular weight is 215 g/mol. The van der Waals surface area contributed by atoms with Gasteiger partial charge < -0.3 is 10.1 Å². The van der Waals surface area contributed by atoms with Crippen LogP contribution < -0.4 is 5.32 Å². The minimum Gasteiger partial charge on any atom is -0.464 e. The Morgan fingerprint density at radius 2 is 1.80 bits per heavy atom. The zero-order valence-corrected chi connectivity index (χ0v) is 9.84. The van der Waals surface area contributed by atoms with E-state index >= 15 is 0 Å². The number of amides is 1. The first kappa shape index (κ1) is 13.9. The van der Waals surface area contributed by atoms with E-state index in [1.807, 2.05) is 13.8 Å². The smallest absolute Gasteiger partial charge is 0.331 e. The van der Waals surface area contributed by atoms with Gasteiger partial charge in [-0.1, -0.05) is 26.7 Å². The van der Waals surface area contributed by atoms with Crippen LogP contribution in [0.2, 0.25) is 0 Å². The molecule has 0 radical (unpaired) electrons. The van der Waals surface area contributed by atoms with Gasteiger partial charge in [0, 0.05) is 0 Å². The standard InChI is InChI=1S/C11H21NO3/c1-4-7-11(8-5-2,12-9-13)10(14)15-6-3/h9H,4-8H2,1-3H3,(H,12,13). The van der Waals surface area contributed by atoms with Crippen LogP contribution in [0, 0.1) is 0 Å². The Kier molecular flexibility index (Phi) is 6.75. The van der Waals surface area contributed by atoms with E-state index in [2.05, 4.69) is 5.32 Å². The molecular formula is C11H21NO3. The summed E-state index contributed by atoms with van der Waals surface area (Å²) >= 11 is 0. The van der Waals surface area contributed by atoms with Crippen molar-refractivity contribution < 1.29 is 14.3 Å². The second kappa shape index (κ2) is 7.26. The Labute approximate surface area is 91.4 Å². The van der Waals surface area contributed by atoms with Gasteiger partial charge in [0.15, 0.2) is 0 Å². The molecule has 0 spiro atoms. The van der Waals surface area contributed by atoms with Gasteiger partial charge in [-0.15, -0.1) is 0 Å². The van der Waals surface area contributed by atoms with Gasteiger partial charge in [-0.25, -0.2) is 4.79 Å². The van der Waals surface area contributed by atoms with Crippen LogP contribution in [0.5, 0.6) is 0 Å². The van der Waals surface area contributed by atoms with Gasteiger partial charge in [-0.3, -0.25) is 4.79 Å². The molecular weight excluding hydrogens is 194 g/mol. The van der Waals surface area contributed by atoms with Crippen LogP contribution >= 0.6 is 0 Å². The van der Waals surface area contributed by atoms with E-state index in [-0.39, 0.29) is 5.97 Å². The van der Waals surface area contributed by atoms with Crippen molar-refractivity contribution in [1.29, 1.82) is 0 Å². The van der Waals surface area contributed by atoms with E-state index in [0.717, 1.165) is 12.8 Å². The van der Waals surface area contributed by atoms with Crippen molar-refractivity contribution in [2.45, 2.75) is 52.0 Å². The Morgan fingerprint density at radius 1 is 1.27 bits per heavy atom. The number of nitrogens with one attached hydrogen (secondary N) is 1. The maximum absolute atomic E-state index is 11.8. The van der Waals surface area contributed by atoms with Crippen molar-refractivity contribution in [2.75, 3.05) is 6.61 Å². The average Bonchev–Trinajstić information content (AvgIpc) is 2.19. The van der Waals surface area contributed by atoms with Crippen LogP contribution in [-0.4, -0.2) is 24.5 Å². The van der Waals surface area contributed by atoms with E-state index in [0.29, 0.717) is 25.9 Å². The lowest BCUT2D eigenvalue weighted by atomic mass is 9.89. The van der Waals surface area contributed by atoms with E-state index in [1.165, 1.54) is 0 Å². The molecule has 1 amide bonds.